The van der Waals surface area contributed by atoms with Gasteiger partial charge in [0.2, 0.25) is 0 Å². The lowest BCUT2D eigenvalue weighted by molar-refractivity contribution is -0.118. The molecule has 2 atom stereocenters. The first-order chi connectivity index (χ1) is 6.19. The molecule has 2 aliphatic rings. The Bertz CT molecular complexity index is 197. The normalized spacial score (nSPS) is 36.6. The van der Waals surface area contributed by atoms with Crippen LogP contribution >= 0.6 is 0 Å². The average molecular weight is 180 g/mol. The molecule has 1 nitrogen and oxygen atoms in total. The summed E-state index contributed by atoms with van der Waals surface area (Å²) >= 11 is 0. The van der Waals surface area contributed by atoms with Gasteiger partial charge < -0.3 is 0 Å². The van der Waals surface area contributed by atoms with Crippen LogP contribution in [0.4, 0.5) is 0 Å². The third-order valence-corrected chi connectivity index (χ3v) is 4.54. The molecule has 0 spiro atoms. The number of fused-ring (bicyclic) bond motifs is 1. The molecule has 2 rings (SSSR count). The lowest BCUT2D eigenvalue weighted by Crippen LogP contribution is -2.15. The molecule has 0 saturated heterocycles. The highest BCUT2D eigenvalue weighted by Crippen LogP contribution is 2.54. The Hall–Kier alpha value is -0.330. The van der Waals surface area contributed by atoms with Crippen LogP contribution in [0.15, 0.2) is 0 Å². The molecule has 0 heterocycles. The van der Waals surface area contributed by atoms with E-state index in [1.54, 1.807) is 0 Å². The maximum atomic E-state index is 11.2. The predicted octanol–water partition coefficient (Wildman–Crippen LogP) is 3.18. The summed E-state index contributed by atoms with van der Waals surface area (Å²) < 4.78 is 0. The zero-order valence-corrected chi connectivity index (χ0v) is 8.81. The summed E-state index contributed by atoms with van der Waals surface area (Å²) in [6, 6.07) is 0. The number of hydrogen-bond donors (Lipinski definition) is 0. The Kier molecular flexibility index (Phi) is 2.21. The van der Waals surface area contributed by atoms with E-state index in [0.29, 0.717) is 11.2 Å². The lowest BCUT2D eigenvalue weighted by Gasteiger charge is -2.26. The van der Waals surface area contributed by atoms with Crippen LogP contribution in [0.5, 0.6) is 0 Å². The van der Waals surface area contributed by atoms with E-state index in [2.05, 4.69) is 13.8 Å². The van der Waals surface area contributed by atoms with Crippen molar-refractivity contribution >= 4 is 5.78 Å². The Morgan fingerprint density at radius 2 is 1.62 bits per heavy atom. The van der Waals surface area contributed by atoms with Crippen molar-refractivity contribution in [3.63, 3.8) is 0 Å². The fraction of sp³-hybridized carbons (Fsp3) is 0.917. The monoisotopic (exact) mass is 180 g/mol. The van der Waals surface area contributed by atoms with Gasteiger partial charge in [-0.2, -0.15) is 0 Å². The molecule has 2 fully saturated rings. The molecule has 0 unspecified atom stereocenters. The van der Waals surface area contributed by atoms with Gasteiger partial charge in [0.1, 0.15) is 5.78 Å². The van der Waals surface area contributed by atoms with Crippen LogP contribution in [0.2, 0.25) is 0 Å². The Morgan fingerprint density at radius 1 is 1.15 bits per heavy atom. The van der Waals surface area contributed by atoms with E-state index in [9.17, 15) is 4.79 Å². The summed E-state index contributed by atoms with van der Waals surface area (Å²) in [5.41, 5.74) is 0.607. The SMILES string of the molecule is CCC1(CC)C[C@H]2CC(=O)C[C@H]2C1. The third-order valence-electron chi connectivity index (χ3n) is 4.54. The number of Topliss-reactive ketones (excluding diaryl/α,β-unsaturated/α-hetero) is 1. The molecule has 0 N–H and O–H groups in total. The maximum absolute atomic E-state index is 11.2. The van der Waals surface area contributed by atoms with E-state index in [1.807, 2.05) is 0 Å². The van der Waals surface area contributed by atoms with Gasteiger partial charge in [0.05, 0.1) is 0 Å². The first-order valence-electron chi connectivity index (χ1n) is 5.71. The second kappa shape index (κ2) is 3.11. The van der Waals surface area contributed by atoms with Gasteiger partial charge in [-0.25, -0.2) is 0 Å². The van der Waals surface area contributed by atoms with E-state index < -0.39 is 0 Å². The average Bonchev–Trinajstić information content (AvgIpc) is 2.59. The van der Waals surface area contributed by atoms with Crippen molar-refractivity contribution in [1.82, 2.24) is 0 Å². The maximum Gasteiger partial charge on any atom is 0.133 e. The van der Waals surface area contributed by atoms with Gasteiger partial charge in [-0.15, -0.1) is 0 Å². The van der Waals surface area contributed by atoms with Gasteiger partial charge in [0, 0.05) is 12.8 Å². The van der Waals surface area contributed by atoms with Crippen molar-refractivity contribution in [2.24, 2.45) is 17.3 Å². The number of ketones is 1. The van der Waals surface area contributed by atoms with E-state index in [1.165, 1.54) is 25.7 Å². The fourth-order valence-corrected chi connectivity index (χ4v) is 3.50. The number of rotatable bonds is 2. The van der Waals surface area contributed by atoms with Crippen LogP contribution in [0.25, 0.3) is 0 Å². The molecule has 0 aromatic heterocycles. The standard InChI is InChI=1S/C12H20O/c1-3-12(4-2)7-9-5-11(13)6-10(9)8-12/h9-10H,3-8H2,1-2H3/t9-,10+. The molecule has 0 aromatic carbocycles. The molecule has 0 radical (unpaired) electrons. The lowest BCUT2D eigenvalue weighted by atomic mass is 9.79. The molecule has 2 saturated carbocycles. The predicted molar refractivity (Wildman–Crippen MR) is 53.5 cm³/mol. The highest BCUT2D eigenvalue weighted by Gasteiger charge is 2.47. The molecule has 0 bridgehead atoms. The molecule has 13 heavy (non-hydrogen) atoms. The van der Waals surface area contributed by atoms with Gasteiger partial charge in [0.15, 0.2) is 0 Å². The highest BCUT2D eigenvalue weighted by atomic mass is 16.1. The molecule has 2 aliphatic carbocycles. The minimum absolute atomic E-state index is 0.524. The van der Waals surface area contributed by atoms with Crippen molar-refractivity contribution < 1.29 is 4.79 Å². The molecule has 74 valence electrons. The van der Waals surface area contributed by atoms with Crippen LogP contribution in [0, 0.1) is 17.3 Å². The summed E-state index contributed by atoms with van der Waals surface area (Å²) in [4.78, 5) is 11.2. The molecular formula is C12H20O. The number of carbonyl (C=O) groups excluding carboxylic acids is 1. The van der Waals surface area contributed by atoms with E-state index in [-0.39, 0.29) is 0 Å². The fourth-order valence-electron chi connectivity index (χ4n) is 3.50. The summed E-state index contributed by atoms with van der Waals surface area (Å²) in [5, 5.41) is 0. The Morgan fingerprint density at radius 3 is 2.00 bits per heavy atom. The Balaban J connectivity index is 2.07. The minimum atomic E-state index is 0.524. The van der Waals surface area contributed by atoms with Gasteiger partial charge in [-0.3, -0.25) is 4.79 Å². The topological polar surface area (TPSA) is 17.1 Å². The van der Waals surface area contributed by atoms with Crippen LogP contribution in [-0.4, -0.2) is 5.78 Å². The minimum Gasteiger partial charge on any atom is -0.300 e. The van der Waals surface area contributed by atoms with Gasteiger partial charge >= 0.3 is 0 Å². The number of carbonyl (C=O) groups is 1. The van der Waals surface area contributed by atoms with Crippen LogP contribution in [0.1, 0.15) is 52.4 Å². The first-order valence-corrected chi connectivity index (χ1v) is 5.71. The van der Waals surface area contributed by atoms with E-state index in [0.717, 1.165) is 24.7 Å². The zero-order valence-electron chi connectivity index (χ0n) is 8.81. The Labute approximate surface area is 80.9 Å². The molecular weight excluding hydrogens is 160 g/mol. The van der Waals surface area contributed by atoms with E-state index in [4.69, 9.17) is 0 Å². The second-order valence-electron chi connectivity index (χ2n) is 5.08. The van der Waals surface area contributed by atoms with E-state index >= 15 is 0 Å². The quantitative estimate of drug-likeness (QED) is 0.638. The summed E-state index contributed by atoms with van der Waals surface area (Å²) in [5.74, 6) is 2.04. The van der Waals surface area contributed by atoms with Gasteiger partial charge in [-0.05, 0) is 30.1 Å². The number of hydrogen-bond acceptors (Lipinski definition) is 1. The van der Waals surface area contributed by atoms with Crippen molar-refractivity contribution in [3.8, 4) is 0 Å². The third kappa shape index (κ3) is 1.43. The smallest absolute Gasteiger partial charge is 0.133 e. The largest absolute Gasteiger partial charge is 0.300 e. The van der Waals surface area contributed by atoms with Crippen molar-refractivity contribution in [2.45, 2.75) is 52.4 Å². The molecule has 0 aromatic rings. The molecule has 0 amide bonds. The van der Waals surface area contributed by atoms with Crippen molar-refractivity contribution in [1.29, 1.82) is 0 Å². The first kappa shape index (κ1) is 9.23. The van der Waals surface area contributed by atoms with Crippen LogP contribution in [0.3, 0.4) is 0 Å². The summed E-state index contributed by atoms with van der Waals surface area (Å²) in [7, 11) is 0. The van der Waals surface area contributed by atoms with Crippen molar-refractivity contribution in [3.05, 3.63) is 0 Å². The van der Waals surface area contributed by atoms with Gasteiger partial charge in [0.25, 0.3) is 0 Å². The summed E-state index contributed by atoms with van der Waals surface area (Å²) in [6.07, 6.45) is 7.07. The van der Waals surface area contributed by atoms with Crippen LogP contribution < -0.4 is 0 Å². The second-order valence-corrected chi connectivity index (χ2v) is 5.08. The summed E-state index contributed by atoms with van der Waals surface area (Å²) in [6.45, 7) is 4.62. The zero-order chi connectivity index (χ0) is 9.47. The molecule has 1 heteroatoms. The highest BCUT2D eigenvalue weighted by molar-refractivity contribution is 5.81. The van der Waals surface area contributed by atoms with Crippen molar-refractivity contribution in [2.75, 3.05) is 0 Å². The molecule has 0 aliphatic heterocycles. The van der Waals surface area contributed by atoms with Gasteiger partial charge in [-0.1, -0.05) is 26.7 Å². The van der Waals surface area contributed by atoms with Crippen LogP contribution in [-0.2, 0) is 4.79 Å².